The molecule has 0 fully saturated rings. The molecule has 8 nitrogen and oxygen atoms in total. The maximum Gasteiger partial charge on any atom is 0.279 e. The number of ether oxygens (including phenoxy) is 1. The van der Waals surface area contributed by atoms with Crippen molar-refractivity contribution in [3.63, 3.8) is 0 Å². The summed E-state index contributed by atoms with van der Waals surface area (Å²) in [7, 11) is 0. The highest BCUT2D eigenvalue weighted by molar-refractivity contribution is 6.13. The minimum absolute atomic E-state index is 0.0197. The van der Waals surface area contributed by atoms with Crippen molar-refractivity contribution in [3.05, 3.63) is 94.9 Å². The number of benzene rings is 3. The van der Waals surface area contributed by atoms with Crippen LogP contribution in [0.4, 0.5) is 5.69 Å². The Morgan fingerprint density at radius 2 is 1.66 bits per heavy atom. The van der Waals surface area contributed by atoms with Crippen LogP contribution in [0.25, 0.3) is 16.5 Å². The van der Waals surface area contributed by atoms with Gasteiger partial charge in [0, 0.05) is 11.9 Å². The molecule has 0 unspecified atom stereocenters. The van der Waals surface area contributed by atoms with Crippen LogP contribution in [0.2, 0.25) is 0 Å². The van der Waals surface area contributed by atoms with Crippen molar-refractivity contribution in [2.45, 2.75) is 19.4 Å². The molecule has 35 heavy (non-hydrogen) atoms. The standard InChI is InChI=1S/C27H24N4O4/c1-2-16-28-25(32)23-17-30(21-14-8-9-15-22(21)35-23)27(34)24-19-12-6-7-13-20(19)26(33)31(29-24)18-10-4-3-5-11-18/h3-15,23H,2,16-17H2,1H3,(H,28,32)/t23-/m1/s1. The first-order chi connectivity index (χ1) is 17.1. The molecule has 0 spiro atoms. The summed E-state index contributed by atoms with van der Waals surface area (Å²) in [6, 6.07) is 23.0. The molecule has 0 bridgehead atoms. The number of para-hydroxylation sites is 3. The van der Waals surface area contributed by atoms with Gasteiger partial charge in [0.1, 0.15) is 5.75 Å². The van der Waals surface area contributed by atoms with Crippen LogP contribution in [0, 0.1) is 0 Å². The Bertz CT molecular complexity index is 1470. The number of rotatable bonds is 5. The van der Waals surface area contributed by atoms with Crippen LogP contribution in [-0.4, -0.2) is 40.8 Å². The Morgan fingerprint density at radius 3 is 2.43 bits per heavy atom. The highest BCUT2D eigenvalue weighted by Crippen LogP contribution is 2.34. The van der Waals surface area contributed by atoms with E-state index in [0.717, 1.165) is 6.42 Å². The largest absolute Gasteiger partial charge is 0.477 e. The first-order valence-electron chi connectivity index (χ1n) is 11.5. The number of nitrogens with one attached hydrogen (secondary N) is 1. The lowest BCUT2D eigenvalue weighted by Crippen LogP contribution is -2.51. The van der Waals surface area contributed by atoms with Gasteiger partial charge in [-0.05, 0) is 36.8 Å². The molecule has 2 heterocycles. The van der Waals surface area contributed by atoms with Crippen LogP contribution in [0.5, 0.6) is 5.75 Å². The second-order valence-corrected chi connectivity index (χ2v) is 8.23. The average Bonchev–Trinajstić information content (AvgIpc) is 2.91. The maximum absolute atomic E-state index is 14.0. The number of fused-ring (bicyclic) bond motifs is 2. The number of hydrogen-bond donors (Lipinski definition) is 1. The average molecular weight is 469 g/mol. The molecule has 0 radical (unpaired) electrons. The first kappa shape index (κ1) is 22.3. The molecule has 1 aromatic heterocycles. The smallest absolute Gasteiger partial charge is 0.279 e. The second kappa shape index (κ2) is 9.42. The summed E-state index contributed by atoms with van der Waals surface area (Å²) in [6.45, 7) is 2.50. The molecule has 4 aromatic rings. The van der Waals surface area contributed by atoms with E-state index in [1.807, 2.05) is 13.0 Å². The van der Waals surface area contributed by atoms with Crippen molar-refractivity contribution in [3.8, 4) is 11.4 Å². The molecule has 176 valence electrons. The van der Waals surface area contributed by atoms with Gasteiger partial charge in [-0.3, -0.25) is 19.3 Å². The quantitative estimate of drug-likeness (QED) is 0.485. The van der Waals surface area contributed by atoms with Gasteiger partial charge in [0.15, 0.2) is 11.8 Å². The summed E-state index contributed by atoms with van der Waals surface area (Å²) in [5, 5.41) is 8.18. The Balaban J connectivity index is 1.63. The molecule has 1 atom stereocenters. The molecular weight excluding hydrogens is 444 g/mol. The van der Waals surface area contributed by atoms with E-state index in [1.165, 1.54) is 9.58 Å². The molecule has 1 aliphatic rings. The van der Waals surface area contributed by atoms with Gasteiger partial charge in [-0.25, -0.2) is 0 Å². The SMILES string of the molecule is CCCNC(=O)[C@H]1CN(C(=O)c2nn(-c3ccccc3)c(=O)c3ccccc23)c2ccccc2O1. The normalized spacial score (nSPS) is 14.8. The van der Waals surface area contributed by atoms with Gasteiger partial charge in [0.25, 0.3) is 17.4 Å². The van der Waals surface area contributed by atoms with Crippen LogP contribution in [0.1, 0.15) is 23.8 Å². The van der Waals surface area contributed by atoms with E-state index in [-0.39, 0.29) is 23.7 Å². The number of anilines is 1. The van der Waals surface area contributed by atoms with Crippen LogP contribution in [0.15, 0.2) is 83.7 Å². The zero-order chi connectivity index (χ0) is 24.4. The molecule has 8 heteroatoms. The Kier molecular flexibility index (Phi) is 6.01. The van der Waals surface area contributed by atoms with Crippen LogP contribution >= 0.6 is 0 Å². The molecule has 0 aliphatic carbocycles. The van der Waals surface area contributed by atoms with Crippen molar-refractivity contribution in [1.82, 2.24) is 15.1 Å². The zero-order valence-corrected chi connectivity index (χ0v) is 19.2. The maximum atomic E-state index is 14.0. The highest BCUT2D eigenvalue weighted by Gasteiger charge is 2.35. The van der Waals surface area contributed by atoms with Gasteiger partial charge in [-0.1, -0.05) is 55.5 Å². The predicted molar refractivity (Wildman–Crippen MR) is 133 cm³/mol. The fraction of sp³-hybridized carbons (Fsp3) is 0.185. The Hall–Kier alpha value is -4.46. The zero-order valence-electron chi connectivity index (χ0n) is 19.2. The minimum Gasteiger partial charge on any atom is -0.477 e. The number of carbonyl (C=O) groups is 2. The van der Waals surface area contributed by atoms with E-state index in [9.17, 15) is 14.4 Å². The van der Waals surface area contributed by atoms with Crippen molar-refractivity contribution >= 4 is 28.3 Å². The van der Waals surface area contributed by atoms with Crippen LogP contribution < -0.4 is 20.5 Å². The van der Waals surface area contributed by atoms with Gasteiger partial charge in [-0.15, -0.1) is 0 Å². The van der Waals surface area contributed by atoms with Crippen molar-refractivity contribution in [2.24, 2.45) is 0 Å². The summed E-state index contributed by atoms with van der Waals surface area (Å²) >= 11 is 0. The van der Waals surface area contributed by atoms with Crippen molar-refractivity contribution < 1.29 is 14.3 Å². The number of amides is 2. The summed E-state index contributed by atoms with van der Waals surface area (Å²) in [4.78, 5) is 41.5. The summed E-state index contributed by atoms with van der Waals surface area (Å²) in [5.41, 5.74) is 0.896. The topological polar surface area (TPSA) is 93.5 Å². The molecule has 0 saturated heterocycles. The fourth-order valence-electron chi connectivity index (χ4n) is 4.14. The molecular formula is C27H24N4O4. The van der Waals surface area contributed by atoms with Crippen molar-refractivity contribution in [1.29, 1.82) is 0 Å². The van der Waals surface area contributed by atoms with Crippen LogP contribution in [0.3, 0.4) is 0 Å². The van der Waals surface area contributed by atoms with Crippen LogP contribution in [-0.2, 0) is 4.79 Å². The molecule has 3 aromatic carbocycles. The predicted octanol–water partition coefficient (Wildman–Crippen LogP) is 3.32. The van der Waals surface area contributed by atoms with Gasteiger partial charge in [0.2, 0.25) is 0 Å². The summed E-state index contributed by atoms with van der Waals surface area (Å²) in [5.74, 6) is -0.273. The lowest BCUT2D eigenvalue weighted by Gasteiger charge is -2.34. The van der Waals surface area contributed by atoms with E-state index in [2.05, 4.69) is 10.4 Å². The lowest BCUT2D eigenvalue weighted by molar-refractivity contribution is -0.127. The van der Waals surface area contributed by atoms with Gasteiger partial charge >= 0.3 is 0 Å². The molecule has 5 rings (SSSR count). The first-order valence-corrected chi connectivity index (χ1v) is 11.5. The lowest BCUT2D eigenvalue weighted by atomic mass is 10.1. The van der Waals surface area contributed by atoms with E-state index < -0.39 is 12.0 Å². The number of aromatic nitrogens is 2. The van der Waals surface area contributed by atoms with E-state index in [4.69, 9.17) is 4.74 Å². The van der Waals surface area contributed by atoms with E-state index in [0.29, 0.717) is 34.4 Å². The molecule has 1 N–H and O–H groups in total. The monoisotopic (exact) mass is 468 g/mol. The van der Waals surface area contributed by atoms with Gasteiger partial charge in [0.05, 0.1) is 23.3 Å². The summed E-state index contributed by atoms with van der Waals surface area (Å²) in [6.07, 6.45) is -0.0825. The number of nitrogens with zero attached hydrogens (tertiary/aromatic N) is 3. The highest BCUT2D eigenvalue weighted by atomic mass is 16.5. The Labute approximate surface area is 201 Å². The van der Waals surface area contributed by atoms with Crippen molar-refractivity contribution in [2.75, 3.05) is 18.0 Å². The van der Waals surface area contributed by atoms with E-state index in [1.54, 1.807) is 72.8 Å². The third-order valence-corrected chi connectivity index (χ3v) is 5.87. The third kappa shape index (κ3) is 4.14. The second-order valence-electron chi connectivity index (χ2n) is 8.23. The number of carbonyl (C=O) groups excluding carboxylic acids is 2. The van der Waals surface area contributed by atoms with Gasteiger partial charge in [-0.2, -0.15) is 9.78 Å². The molecule has 2 amide bonds. The minimum atomic E-state index is -0.869. The number of hydrogen-bond acceptors (Lipinski definition) is 5. The third-order valence-electron chi connectivity index (χ3n) is 5.87. The fourth-order valence-corrected chi connectivity index (χ4v) is 4.14. The molecule has 1 aliphatic heterocycles. The summed E-state index contributed by atoms with van der Waals surface area (Å²) < 4.78 is 7.17. The van der Waals surface area contributed by atoms with Gasteiger partial charge < -0.3 is 10.1 Å². The molecule has 0 saturated carbocycles. The van der Waals surface area contributed by atoms with E-state index >= 15 is 0 Å². The Morgan fingerprint density at radius 1 is 0.971 bits per heavy atom.